The van der Waals surface area contributed by atoms with E-state index < -0.39 is 55.4 Å². The summed E-state index contributed by atoms with van der Waals surface area (Å²) >= 11 is 0. The van der Waals surface area contributed by atoms with Crippen LogP contribution in [0.2, 0.25) is 0 Å². The van der Waals surface area contributed by atoms with Gasteiger partial charge in [-0.25, -0.2) is 25.6 Å². The van der Waals surface area contributed by atoms with Crippen molar-refractivity contribution in [3.63, 3.8) is 0 Å². The van der Waals surface area contributed by atoms with E-state index in [4.69, 9.17) is 0 Å². The highest BCUT2D eigenvalue weighted by molar-refractivity contribution is 7.93. The molecule has 0 bridgehead atoms. The predicted molar refractivity (Wildman–Crippen MR) is 268 cm³/mol. The van der Waals surface area contributed by atoms with E-state index in [2.05, 4.69) is 30.0 Å². The van der Waals surface area contributed by atoms with Gasteiger partial charge in [0, 0.05) is 93.5 Å². The first-order valence-corrected chi connectivity index (χ1v) is 26.1. The van der Waals surface area contributed by atoms with Crippen molar-refractivity contribution < 1.29 is 64.6 Å². The Morgan fingerprint density at radius 3 is 1.30 bits per heavy atom. The Morgan fingerprint density at radius 2 is 0.932 bits per heavy atom. The summed E-state index contributed by atoms with van der Waals surface area (Å²) in [5.74, 6) is -4.09. The maximum Gasteiger partial charge on any atom is 0.303 e. The Labute approximate surface area is 421 Å². The highest BCUT2D eigenvalue weighted by Gasteiger charge is 2.32. The molecule has 4 heterocycles. The molecule has 380 valence electrons. The van der Waals surface area contributed by atoms with Crippen LogP contribution in [-0.2, 0) is 64.9 Å². The summed E-state index contributed by atoms with van der Waals surface area (Å²) in [5.41, 5.74) is 7.21. The minimum Gasteiger partial charge on any atom is -0.481 e. The van der Waals surface area contributed by atoms with Crippen LogP contribution in [0.25, 0.3) is 23.3 Å². The zero-order valence-electron chi connectivity index (χ0n) is 38.9. The second kappa shape index (κ2) is 20.2. The largest absolute Gasteiger partial charge is 0.481 e. The topological polar surface area (TPSA) is 291 Å². The second-order valence-electron chi connectivity index (χ2n) is 17.7. The maximum atomic E-state index is 13.2. The van der Waals surface area contributed by atoms with Crippen molar-refractivity contribution in [1.82, 2.24) is 9.97 Å². The van der Waals surface area contributed by atoms with Gasteiger partial charge in [-0.15, -0.1) is 0 Å². The van der Waals surface area contributed by atoms with Gasteiger partial charge < -0.3 is 30.8 Å². The van der Waals surface area contributed by atoms with Crippen LogP contribution in [0.15, 0.2) is 94.7 Å². The van der Waals surface area contributed by atoms with E-state index in [0.717, 1.165) is 59.9 Å². The van der Waals surface area contributed by atoms with E-state index >= 15 is 0 Å². The number of aromatic nitrogens is 2. The van der Waals surface area contributed by atoms with E-state index in [1.54, 1.807) is 24.3 Å². The smallest absolute Gasteiger partial charge is 0.303 e. The Morgan fingerprint density at radius 1 is 0.554 bits per heavy atom. The molecule has 0 atom stereocenters. The number of Topliss-reactive ketones (excluding diaryl/α,β-unsaturated/α-hetero) is 2. The molecule has 0 unspecified atom stereocenters. The lowest BCUT2D eigenvalue weighted by atomic mass is 9.91. The normalized spacial score (nSPS) is 15.9. The molecule has 2 amide bonds. The molecule has 4 aliphatic rings. The molecule has 0 fully saturated rings. The summed E-state index contributed by atoms with van der Waals surface area (Å²) in [6, 6.07) is 17.9. The molecule has 74 heavy (non-hydrogen) atoms. The zero-order chi connectivity index (χ0) is 52.6. The van der Waals surface area contributed by atoms with E-state index in [1.165, 1.54) is 24.3 Å². The number of nitrogens with one attached hydrogen (secondary N) is 6. The number of carbonyl (C=O) groups is 6. The molecule has 2 aliphatic carbocycles. The number of benzene rings is 4. The fraction of sp³-hybridized carbons (Fsp3) is 0.192. The molecule has 10 rings (SSSR count). The molecule has 8 N–H and O–H groups in total. The summed E-state index contributed by atoms with van der Waals surface area (Å²) < 4.78 is 82.3. The van der Waals surface area contributed by atoms with Gasteiger partial charge in [-0.1, -0.05) is 0 Å². The zero-order valence-corrected chi connectivity index (χ0v) is 40.5. The van der Waals surface area contributed by atoms with Gasteiger partial charge in [0.25, 0.3) is 31.9 Å². The summed E-state index contributed by atoms with van der Waals surface area (Å²) in [7, 11) is -8.02. The van der Waals surface area contributed by atoms with Crippen LogP contribution in [0, 0.1) is 11.6 Å². The number of aliphatic carboxylic acids is 2. The number of ketones is 2. The second-order valence-corrected chi connectivity index (χ2v) is 21.1. The van der Waals surface area contributed by atoms with Crippen LogP contribution in [0.4, 0.5) is 31.5 Å². The number of fused-ring (bicyclic) bond motifs is 4. The number of halogens is 2. The van der Waals surface area contributed by atoms with Gasteiger partial charge in [0.15, 0.2) is 11.6 Å². The van der Waals surface area contributed by atoms with Crippen LogP contribution in [0.5, 0.6) is 0 Å². The number of rotatable bonds is 14. The third kappa shape index (κ3) is 10.5. The standard InChI is InChI=1S/2C26H22FN3O6S/c2*27-14-4-7-16(8-5-14)37(35,36)30-15-6-10-20-18(12-15)19(26(34)29-20)13-22-17(9-11-24(32)33)25-21(28-22)2-1-3-23(25)31/h2*4-8,10,12-13,28,30H,1-3,9,11H2,(H,29,34)(H,32,33)/b19-13-;. The third-order valence-corrected chi connectivity index (χ3v) is 15.6. The number of hydrogen-bond acceptors (Lipinski definition) is 10. The lowest BCUT2D eigenvalue weighted by Crippen LogP contribution is -2.13. The fourth-order valence-electron chi connectivity index (χ4n) is 9.35. The average molecular weight is 1050 g/mol. The van der Waals surface area contributed by atoms with E-state index in [1.807, 2.05) is 0 Å². The van der Waals surface area contributed by atoms with E-state index in [0.29, 0.717) is 94.7 Å². The number of carboxylic acid groups (broad SMARTS) is 2. The Balaban J connectivity index is 0.000000182. The average Bonchev–Trinajstić information content (AvgIpc) is 4.08. The van der Waals surface area contributed by atoms with Crippen LogP contribution >= 0.6 is 0 Å². The Bertz CT molecular complexity index is 3420. The van der Waals surface area contributed by atoms with E-state index in [9.17, 15) is 64.6 Å². The van der Waals surface area contributed by atoms with Gasteiger partial charge in [-0.05, 0) is 147 Å². The van der Waals surface area contributed by atoms with Crippen LogP contribution in [-0.4, -0.2) is 72.3 Å². The van der Waals surface area contributed by atoms with Crippen LogP contribution in [0.1, 0.15) is 104 Å². The minimum absolute atomic E-state index is 0.0590. The first kappa shape index (κ1) is 50.4. The van der Waals surface area contributed by atoms with Crippen LogP contribution in [0.3, 0.4) is 0 Å². The number of anilines is 4. The summed E-state index contributed by atoms with van der Waals surface area (Å²) in [6.45, 7) is 0. The third-order valence-electron chi connectivity index (χ3n) is 12.8. The molecular formula is C52H44F2N6O12S2. The van der Waals surface area contributed by atoms with Gasteiger partial charge >= 0.3 is 11.9 Å². The lowest BCUT2D eigenvalue weighted by molar-refractivity contribution is -0.138. The van der Waals surface area contributed by atoms with Crippen molar-refractivity contribution in [1.29, 1.82) is 0 Å². The van der Waals surface area contributed by atoms with Crippen molar-refractivity contribution >= 4 is 101 Å². The summed E-state index contributed by atoms with van der Waals surface area (Å²) in [6.07, 6.45) is 6.44. The number of aryl methyl sites for hydroxylation is 2. The predicted octanol–water partition coefficient (Wildman–Crippen LogP) is 7.97. The van der Waals surface area contributed by atoms with Crippen molar-refractivity contribution in [2.24, 2.45) is 0 Å². The SMILES string of the molecule is O=C(O)CCc1c(/C=C2\C(=O)Nc3ccc(NS(=O)(=O)c4ccc(F)cc4)cc32)[nH]c2c1C(=O)CCC2.O=C(O)CCc1c(C=C2C(=O)Nc3ccc(NS(=O)(=O)c4ccc(F)cc4)cc32)[nH]c2c1C(=O)CCC2. The Hall–Kier alpha value is -8.50. The highest BCUT2D eigenvalue weighted by Crippen LogP contribution is 2.40. The number of H-pyrrole nitrogens is 2. The molecule has 2 aromatic heterocycles. The van der Waals surface area contributed by atoms with Crippen LogP contribution < -0.4 is 20.1 Å². The number of carbonyl (C=O) groups excluding carboxylic acids is 4. The minimum atomic E-state index is -4.01. The molecule has 0 spiro atoms. The van der Waals surface area contributed by atoms with Gasteiger partial charge in [-0.2, -0.15) is 0 Å². The number of hydrogen-bond donors (Lipinski definition) is 8. The van der Waals surface area contributed by atoms with Gasteiger partial charge in [0.1, 0.15) is 11.6 Å². The maximum absolute atomic E-state index is 13.2. The first-order chi connectivity index (χ1) is 35.2. The molecular weight excluding hydrogens is 1000 g/mol. The molecule has 0 radical (unpaired) electrons. The molecule has 2 aliphatic heterocycles. The quantitative estimate of drug-likeness (QED) is 0.0482. The van der Waals surface area contributed by atoms with E-state index in [-0.39, 0.29) is 69.6 Å². The van der Waals surface area contributed by atoms with Gasteiger partial charge in [0.2, 0.25) is 0 Å². The molecule has 0 saturated heterocycles. The lowest BCUT2D eigenvalue weighted by Gasteiger charge is -2.11. The molecule has 22 heteroatoms. The highest BCUT2D eigenvalue weighted by atomic mass is 32.2. The van der Waals surface area contributed by atoms with Crippen molar-refractivity contribution in [2.45, 2.75) is 74.0 Å². The molecule has 4 aromatic carbocycles. The number of aromatic amines is 2. The monoisotopic (exact) mass is 1050 g/mol. The van der Waals surface area contributed by atoms with Crippen molar-refractivity contribution in [2.75, 3.05) is 20.1 Å². The number of amides is 2. The molecule has 18 nitrogen and oxygen atoms in total. The summed E-state index contributed by atoms with van der Waals surface area (Å²) in [4.78, 5) is 79.6. The summed E-state index contributed by atoms with van der Waals surface area (Å²) in [5, 5.41) is 23.9. The van der Waals surface area contributed by atoms with Crippen molar-refractivity contribution in [3.8, 4) is 0 Å². The number of sulfonamides is 2. The molecule has 6 aromatic rings. The van der Waals surface area contributed by atoms with Gasteiger partial charge in [0.05, 0.1) is 20.9 Å². The first-order valence-electron chi connectivity index (χ1n) is 23.1. The molecule has 0 saturated carbocycles. The number of carboxylic acids is 2. The fourth-order valence-corrected chi connectivity index (χ4v) is 11.4. The van der Waals surface area contributed by atoms with Crippen molar-refractivity contribution in [3.05, 3.63) is 153 Å². The Kier molecular flexibility index (Phi) is 13.8. The van der Waals surface area contributed by atoms with Gasteiger partial charge in [-0.3, -0.25) is 38.2 Å².